The van der Waals surface area contributed by atoms with Crippen molar-refractivity contribution in [2.45, 2.75) is 46.0 Å². The molecular formula is C22H29N3O3. The third-order valence-electron chi connectivity index (χ3n) is 6.82. The van der Waals surface area contributed by atoms with Crippen LogP contribution in [0.4, 0.5) is 0 Å². The van der Waals surface area contributed by atoms with E-state index >= 15 is 0 Å². The van der Waals surface area contributed by atoms with E-state index in [0.717, 1.165) is 50.6 Å². The van der Waals surface area contributed by atoms with Crippen molar-refractivity contribution >= 4 is 22.8 Å². The van der Waals surface area contributed by atoms with Gasteiger partial charge in [0.2, 0.25) is 5.91 Å². The van der Waals surface area contributed by atoms with Gasteiger partial charge >= 0.3 is 0 Å². The first-order chi connectivity index (χ1) is 13.6. The van der Waals surface area contributed by atoms with Crippen LogP contribution in [0.15, 0.2) is 28.9 Å². The first-order valence-electron chi connectivity index (χ1n) is 10.5. The molecule has 0 radical (unpaired) electrons. The van der Waals surface area contributed by atoms with Crippen LogP contribution in [0.25, 0.3) is 11.0 Å². The summed E-state index contributed by atoms with van der Waals surface area (Å²) < 4.78 is 5.58. The number of likely N-dealkylation sites (tertiary alicyclic amines) is 1. The second kappa shape index (κ2) is 7.57. The number of rotatable bonds is 6. The van der Waals surface area contributed by atoms with Crippen LogP contribution in [0.2, 0.25) is 0 Å². The van der Waals surface area contributed by atoms with Crippen molar-refractivity contribution in [3.05, 3.63) is 30.3 Å². The lowest BCUT2D eigenvalue weighted by molar-refractivity contribution is -0.137. The molecule has 1 unspecified atom stereocenters. The Labute approximate surface area is 165 Å². The van der Waals surface area contributed by atoms with E-state index in [2.05, 4.69) is 29.0 Å². The van der Waals surface area contributed by atoms with E-state index in [1.165, 1.54) is 0 Å². The molecule has 1 N–H and O–H groups in total. The predicted molar refractivity (Wildman–Crippen MR) is 107 cm³/mol. The molecule has 3 heterocycles. The highest BCUT2D eigenvalue weighted by Crippen LogP contribution is 2.59. The number of hydrogen-bond acceptors (Lipinski definition) is 4. The molecular weight excluding hydrogens is 354 g/mol. The average Bonchev–Trinajstić information content (AvgIpc) is 3.19. The molecule has 2 aromatic heterocycles. The van der Waals surface area contributed by atoms with E-state index in [0.29, 0.717) is 35.1 Å². The summed E-state index contributed by atoms with van der Waals surface area (Å²) in [5, 5.41) is 3.92. The minimum atomic E-state index is -0.167. The molecule has 2 amide bonds. The number of nitrogens with zero attached hydrogens (tertiary/aromatic N) is 2. The van der Waals surface area contributed by atoms with Gasteiger partial charge in [0.25, 0.3) is 5.91 Å². The van der Waals surface area contributed by atoms with Crippen LogP contribution < -0.4 is 5.32 Å². The third kappa shape index (κ3) is 3.52. The van der Waals surface area contributed by atoms with Crippen LogP contribution in [0, 0.1) is 17.3 Å². The monoisotopic (exact) mass is 383 g/mol. The third-order valence-corrected chi connectivity index (χ3v) is 6.82. The van der Waals surface area contributed by atoms with Gasteiger partial charge in [-0.05, 0) is 55.6 Å². The molecule has 4 rings (SSSR count). The lowest BCUT2D eigenvalue weighted by atomic mass is 9.89. The van der Waals surface area contributed by atoms with E-state index in [4.69, 9.17) is 4.42 Å². The minimum Gasteiger partial charge on any atom is -0.449 e. The Kier molecular flexibility index (Phi) is 5.13. The van der Waals surface area contributed by atoms with Gasteiger partial charge in [-0.15, -0.1) is 0 Å². The van der Waals surface area contributed by atoms with Gasteiger partial charge in [-0.1, -0.05) is 13.8 Å². The van der Waals surface area contributed by atoms with Gasteiger partial charge in [0, 0.05) is 37.1 Å². The van der Waals surface area contributed by atoms with Gasteiger partial charge in [-0.2, -0.15) is 0 Å². The summed E-state index contributed by atoms with van der Waals surface area (Å²) in [6, 6.07) is 3.60. The zero-order chi connectivity index (χ0) is 19.7. The Morgan fingerprint density at radius 3 is 2.75 bits per heavy atom. The maximum absolute atomic E-state index is 12.6. The lowest BCUT2D eigenvalue weighted by Crippen LogP contribution is -2.43. The Morgan fingerprint density at radius 1 is 1.32 bits per heavy atom. The fraction of sp³-hybridized carbons (Fsp3) is 0.591. The van der Waals surface area contributed by atoms with Crippen molar-refractivity contribution in [1.82, 2.24) is 15.2 Å². The van der Waals surface area contributed by atoms with Gasteiger partial charge in [0.15, 0.2) is 11.3 Å². The summed E-state index contributed by atoms with van der Waals surface area (Å²) in [7, 11) is 0. The molecule has 2 fully saturated rings. The maximum Gasteiger partial charge on any atom is 0.287 e. The standard InChI is InChI=1S/C22H29N3O3/c1-3-15(4-2)21(27)25-9-6-22(7-10-25)12-17(22)13-24-20(26)18-11-16-5-8-23-14-19(16)28-18/h5,8,11,14-15,17H,3-4,6-7,9-10,12-13H2,1-2H3,(H,24,26). The second-order valence-corrected chi connectivity index (χ2v) is 8.34. The number of furan rings is 1. The topological polar surface area (TPSA) is 75.4 Å². The van der Waals surface area contributed by atoms with E-state index in [1.807, 2.05) is 6.07 Å². The Morgan fingerprint density at radius 2 is 2.07 bits per heavy atom. The molecule has 1 saturated heterocycles. The van der Waals surface area contributed by atoms with E-state index in [1.54, 1.807) is 18.5 Å². The Hall–Kier alpha value is -2.37. The number of amides is 2. The van der Waals surface area contributed by atoms with Gasteiger partial charge in [-0.25, -0.2) is 0 Å². The molecule has 0 aromatic carbocycles. The summed E-state index contributed by atoms with van der Waals surface area (Å²) in [5.41, 5.74) is 0.945. The molecule has 1 spiro atoms. The van der Waals surface area contributed by atoms with Gasteiger partial charge < -0.3 is 14.6 Å². The highest BCUT2D eigenvalue weighted by molar-refractivity contribution is 5.95. The SMILES string of the molecule is CCC(CC)C(=O)N1CCC2(CC1)CC2CNC(=O)c1cc2ccncc2o1. The maximum atomic E-state index is 12.6. The smallest absolute Gasteiger partial charge is 0.287 e. The van der Waals surface area contributed by atoms with Crippen LogP contribution in [-0.2, 0) is 4.79 Å². The van der Waals surface area contributed by atoms with Crippen molar-refractivity contribution in [1.29, 1.82) is 0 Å². The molecule has 2 aromatic rings. The van der Waals surface area contributed by atoms with Crippen LogP contribution in [0.5, 0.6) is 0 Å². The molecule has 1 aliphatic carbocycles. The molecule has 1 saturated carbocycles. The number of carbonyl (C=O) groups is 2. The normalized spacial score (nSPS) is 20.7. The number of piperidine rings is 1. The number of hydrogen-bond donors (Lipinski definition) is 1. The largest absolute Gasteiger partial charge is 0.449 e. The molecule has 6 nitrogen and oxygen atoms in total. The molecule has 2 aliphatic rings. The van der Waals surface area contributed by atoms with E-state index in [-0.39, 0.29) is 11.8 Å². The number of aromatic nitrogens is 1. The van der Waals surface area contributed by atoms with E-state index < -0.39 is 0 Å². The molecule has 1 aliphatic heterocycles. The highest BCUT2D eigenvalue weighted by Gasteiger charge is 2.54. The molecule has 6 heteroatoms. The van der Waals surface area contributed by atoms with Crippen molar-refractivity contribution in [2.75, 3.05) is 19.6 Å². The van der Waals surface area contributed by atoms with Crippen molar-refractivity contribution < 1.29 is 14.0 Å². The summed E-state index contributed by atoms with van der Waals surface area (Å²) in [4.78, 5) is 31.1. The molecule has 150 valence electrons. The van der Waals surface area contributed by atoms with Crippen LogP contribution in [-0.4, -0.2) is 41.3 Å². The minimum absolute atomic E-state index is 0.167. The van der Waals surface area contributed by atoms with Gasteiger partial charge in [0.05, 0.1) is 6.20 Å². The van der Waals surface area contributed by atoms with Crippen LogP contribution in [0.1, 0.15) is 56.5 Å². The first kappa shape index (κ1) is 19.0. The summed E-state index contributed by atoms with van der Waals surface area (Å²) in [6.45, 7) is 6.58. The van der Waals surface area contributed by atoms with Crippen molar-refractivity contribution in [2.24, 2.45) is 17.3 Å². The van der Waals surface area contributed by atoms with Crippen LogP contribution >= 0.6 is 0 Å². The number of pyridine rings is 1. The van der Waals surface area contributed by atoms with Gasteiger partial charge in [-0.3, -0.25) is 14.6 Å². The quantitative estimate of drug-likeness (QED) is 0.827. The number of nitrogens with one attached hydrogen (secondary N) is 1. The first-order valence-corrected chi connectivity index (χ1v) is 10.5. The lowest BCUT2D eigenvalue weighted by Gasteiger charge is -2.35. The summed E-state index contributed by atoms with van der Waals surface area (Å²) >= 11 is 0. The zero-order valence-corrected chi connectivity index (χ0v) is 16.7. The highest BCUT2D eigenvalue weighted by atomic mass is 16.3. The number of fused-ring (bicyclic) bond motifs is 1. The van der Waals surface area contributed by atoms with Crippen LogP contribution in [0.3, 0.4) is 0 Å². The molecule has 0 bridgehead atoms. The molecule has 28 heavy (non-hydrogen) atoms. The zero-order valence-electron chi connectivity index (χ0n) is 16.7. The predicted octanol–water partition coefficient (Wildman–Crippen LogP) is 3.62. The Bertz CT molecular complexity index is 830. The van der Waals surface area contributed by atoms with Crippen molar-refractivity contribution in [3.8, 4) is 0 Å². The summed E-state index contributed by atoms with van der Waals surface area (Å²) in [5.74, 6) is 1.17. The fourth-order valence-corrected chi connectivity index (χ4v) is 4.70. The Balaban J connectivity index is 1.27. The van der Waals surface area contributed by atoms with E-state index in [9.17, 15) is 9.59 Å². The average molecular weight is 383 g/mol. The molecule has 1 atom stereocenters. The van der Waals surface area contributed by atoms with Gasteiger partial charge in [0.1, 0.15) is 0 Å². The number of carbonyl (C=O) groups excluding carboxylic acids is 2. The van der Waals surface area contributed by atoms with Crippen molar-refractivity contribution in [3.63, 3.8) is 0 Å². The fourth-order valence-electron chi connectivity index (χ4n) is 4.70. The summed E-state index contributed by atoms with van der Waals surface area (Å²) in [6.07, 6.45) is 8.40. The second-order valence-electron chi connectivity index (χ2n) is 8.34.